The highest BCUT2D eigenvalue weighted by atomic mass is 32.2. The third kappa shape index (κ3) is 8.99. The summed E-state index contributed by atoms with van der Waals surface area (Å²) in [6.45, 7) is 11.7. The maximum Gasteiger partial charge on any atom is 0.309 e. The van der Waals surface area contributed by atoms with Gasteiger partial charge in [0, 0.05) is 0 Å². The van der Waals surface area contributed by atoms with Gasteiger partial charge in [-0.25, -0.2) is 0 Å². The van der Waals surface area contributed by atoms with Crippen molar-refractivity contribution in [2.75, 3.05) is 12.4 Å². The van der Waals surface area contributed by atoms with E-state index in [-0.39, 0.29) is 23.4 Å². The second kappa shape index (κ2) is 6.22. The van der Waals surface area contributed by atoms with Crippen LogP contribution in [0.5, 0.6) is 0 Å². The Hall–Kier alpha value is -0.620. The lowest BCUT2D eigenvalue weighted by molar-refractivity contribution is -0.153. The summed E-state index contributed by atoms with van der Waals surface area (Å²) in [7, 11) is -4.09. The Bertz CT molecular complexity index is 398. The smallest absolute Gasteiger partial charge is 0.309 e. The van der Waals surface area contributed by atoms with Crippen LogP contribution in [0.25, 0.3) is 0 Å². The van der Waals surface area contributed by atoms with E-state index in [1.54, 1.807) is 0 Å². The van der Waals surface area contributed by atoms with Crippen LogP contribution in [0.15, 0.2) is 0 Å². The second-order valence-electron chi connectivity index (χ2n) is 7.14. The summed E-state index contributed by atoms with van der Waals surface area (Å²) in [5.74, 6) is -1.29. The monoisotopic (exact) mass is 294 g/mol. The molecular weight excluding hydrogens is 268 g/mol. The van der Waals surface area contributed by atoms with Gasteiger partial charge in [-0.1, -0.05) is 41.5 Å². The normalized spacial score (nSPS) is 15.1. The summed E-state index contributed by atoms with van der Waals surface area (Å²) >= 11 is 0. The summed E-state index contributed by atoms with van der Waals surface area (Å²) in [6.07, 6.45) is 0.654. The molecule has 6 heteroatoms. The molecule has 0 aliphatic rings. The standard InChI is InChI=1S/C13H26O5S/c1-12(2,3)9-10(13(4,5)6)11(14)18-7-8-19(15,16)17/h10H,7-9H2,1-6H3,(H,15,16,17). The molecule has 0 rings (SSSR count). The number of hydrogen-bond acceptors (Lipinski definition) is 4. The fraction of sp³-hybridized carbons (Fsp3) is 0.923. The molecule has 0 fully saturated rings. The minimum absolute atomic E-state index is 0.0278. The lowest BCUT2D eigenvalue weighted by Crippen LogP contribution is -2.34. The lowest BCUT2D eigenvalue weighted by Gasteiger charge is -2.33. The molecule has 0 aromatic rings. The van der Waals surface area contributed by atoms with Gasteiger partial charge in [0.05, 0.1) is 5.92 Å². The zero-order chi connectivity index (χ0) is 15.5. The minimum atomic E-state index is -4.09. The van der Waals surface area contributed by atoms with Crippen LogP contribution >= 0.6 is 0 Å². The predicted molar refractivity (Wildman–Crippen MR) is 74.4 cm³/mol. The average molecular weight is 294 g/mol. The molecule has 0 amide bonds. The van der Waals surface area contributed by atoms with Gasteiger partial charge in [-0.05, 0) is 17.3 Å². The first-order valence-corrected chi connectivity index (χ1v) is 7.95. The number of carbonyl (C=O) groups excluding carboxylic acids is 1. The van der Waals surface area contributed by atoms with E-state index in [0.717, 1.165) is 0 Å². The molecule has 0 aromatic heterocycles. The van der Waals surface area contributed by atoms with Gasteiger partial charge in [-0.15, -0.1) is 0 Å². The highest BCUT2D eigenvalue weighted by Crippen LogP contribution is 2.36. The second-order valence-corrected chi connectivity index (χ2v) is 8.71. The zero-order valence-electron chi connectivity index (χ0n) is 12.7. The number of ether oxygens (including phenoxy) is 1. The maximum absolute atomic E-state index is 12.1. The molecule has 0 aliphatic heterocycles. The van der Waals surface area contributed by atoms with Gasteiger partial charge in [-0.2, -0.15) is 8.42 Å². The van der Waals surface area contributed by atoms with Gasteiger partial charge in [0.1, 0.15) is 12.4 Å². The molecule has 0 spiro atoms. The van der Waals surface area contributed by atoms with Crippen molar-refractivity contribution in [3.8, 4) is 0 Å². The first kappa shape index (κ1) is 18.4. The summed E-state index contributed by atoms with van der Waals surface area (Å²) in [5, 5.41) is 0. The molecule has 0 aliphatic carbocycles. The molecule has 1 N–H and O–H groups in total. The molecule has 0 radical (unpaired) electrons. The van der Waals surface area contributed by atoms with E-state index >= 15 is 0 Å². The Morgan fingerprint density at radius 1 is 1.16 bits per heavy atom. The van der Waals surface area contributed by atoms with Gasteiger partial charge in [0.2, 0.25) is 0 Å². The van der Waals surface area contributed by atoms with Crippen molar-refractivity contribution in [3.63, 3.8) is 0 Å². The predicted octanol–water partition coefficient (Wildman–Crippen LogP) is 2.52. The van der Waals surface area contributed by atoms with Gasteiger partial charge in [-0.3, -0.25) is 9.35 Å². The Morgan fingerprint density at radius 2 is 1.63 bits per heavy atom. The Labute approximate surface area is 116 Å². The molecule has 0 bridgehead atoms. The van der Waals surface area contributed by atoms with Gasteiger partial charge >= 0.3 is 5.97 Å². The molecule has 19 heavy (non-hydrogen) atoms. The number of hydrogen-bond donors (Lipinski definition) is 1. The van der Waals surface area contributed by atoms with Gasteiger partial charge in [0.25, 0.3) is 10.1 Å². The van der Waals surface area contributed by atoms with Gasteiger partial charge in [0.15, 0.2) is 0 Å². The molecule has 114 valence electrons. The Morgan fingerprint density at radius 3 is 1.95 bits per heavy atom. The first-order chi connectivity index (χ1) is 8.22. The number of esters is 1. The Balaban J connectivity index is 4.67. The van der Waals surface area contributed by atoms with E-state index in [1.807, 2.05) is 41.5 Å². The molecular formula is C13H26O5S. The first-order valence-electron chi connectivity index (χ1n) is 6.34. The zero-order valence-corrected chi connectivity index (χ0v) is 13.5. The van der Waals surface area contributed by atoms with Crippen LogP contribution in [-0.4, -0.2) is 31.3 Å². The van der Waals surface area contributed by atoms with Crippen molar-refractivity contribution in [2.24, 2.45) is 16.7 Å². The van der Waals surface area contributed by atoms with Gasteiger partial charge < -0.3 is 4.74 Å². The van der Waals surface area contributed by atoms with Crippen LogP contribution in [0.1, 0.15) is 48.0 Å². The highest BCUT2D eigenvalue weighted by molar-refractivity contribution is 7.85. The minimum Gasteiger partial charge on any atom is -0.464 e. The third-order valence-corrected chi connectivity index (χ3v) is 3.41. The SMILES string of the molecule is CC(C)(C)CC(C(=O)OCCS(=O)(=O)O)C(C)(C)C. The van der Waals surface area contributed by atoms with Crippen LogP contribution in [-0.2, 0) is 19.6 Å². The summed E-state index contributed by atoms with van der Waals surface area (Å²) < 4.78 is 34.7. The van der Waals surface area contributed by atoms with Crippen molar-refractivity contribution in [2.45, 2.75) is 48.0 Å². The van der Waals surface area contributed by atoms with E-state index in [2.05, 4.69) is 0 Å². The maximum atomic E-state index is 12.1. The van der Waals surface area contributed by atoms with Crippen LogP contribution in [0.2, 0.25) is 0 Å². The number of carbonyl (C=O) groups is 1. The van der Waals surface area contributed by atoms with E-state index in [4.69, 9.17) is 9.29 Å². The topological polar surface area (TPSA) is 80.7 Å². The summed E-state index contributed by atoms with van der Waals surface area (Å²) in [6, 6.07) is 0. The highest BCUT2D eigenvalue weighted by Gasteiger charge is 2.35. The quantitative estimate of drug-likeness (QED) is 0.622. The van der Waals surface area contributed by atoms with E-state index in [9.17, 15) is 13.2 Å². The van der Waals surface area contributed by atoms with Crippen molar-refractivity contribution < 1.29 is 22.5 Å². The van der Waals surface area contributed by atoms with Crippen molar-refractivity contribution in [1.29, 1.82) is 0 Å². The van der Waals surface area contributed by atoms with Crippen molar-refractivity contribution >= 4 is 16.1 Å². The van der Waals surface area contributed by atoms with Crippen molar-refractivity contribution in [1.82, 2.24) is 0 Å². The summed E-state index contributed by atoms with van der Waals surface area (Å²) in [4.78, 5) is 12.1. The van der Waals surface area contributed by atoms with E-state index in [0.29, 0.717) is 6.42 Å². The molecule has 1 atom stereocenters. The summed E-state index contributed by atoms with van der Waals surface area (Å²) in [5.41, 5.74) is -0.289. The fourth-order valence-electron chi connectivity index (χ4n) is 1.70. The molecule has 0 saturated heterocycles. The molecule has 0 heterocycles. The number of rotatable bonds is 5. The average Bonchev–Trinajstić information content (AvgIpc) is 2.08. The lowest BCUT2D eigenvalue weighted by atomic mass is 9.72. The Kier molecular flexibility index (Phi) is 6.02. The molecule has 0 aromatic carbocycles. The van der Waals surface area contributed by atoms with E-state index in [1.165, 1.54) is 0 Å². The molecule has 0 saturated carbocycles. The third-order valence-electron chi connectivity index (χ3n) is 2.73. The molecule has 5 nitrogen and oxygen atoms in total. The van der Waals surface area contributed by atoms with Crippen molar-refractivity contribution in [3.05, 3.63) is 0 Å². The fourth-order valence-corrected chi connectivity index (χ4v) is 2.00. The largest absolute Gasteiger partial charge is 0.464 e. The van der Waals surface area contributed by atoms with Crippen LogP contribution < -0.4 is 0 Å². The van der Waals surface area contributed by atoms with Crippen LogP contribution in [0.3, 0.4) is 0 Å². The van der Waals surface area contributed by atoms with E-state index < -0.39 is 21.8 Å². The van der Waals surface area contributed by atoms with Crippen LogP contribution in [0, 0.1) is 16.7 Å². The van der Waals surface area contributed by atoms with Crippen LogP contribution in [0.4, 0.5) is 0 Å². The molecule has 1 unspecified atom stereocenters.